The molecule has 1 atom stereocenters. The van der Waals surface area contributed by atoms with Crippen LogP contribution in [-0.2, 0) is 35.3 Å². The summed E-state index contributed by atoms with van der Waals surface area (Å²) in [5.74, 6) is 4.55. The largest absolute Gasteiger partial charge is 0.496 e. The van der Waals surface area contributed by atoms with Crippen LogP contribution in [-0.4, -0.2) is 273 Å². The summed E-state index contributed by atoms with van der Waals surface area (Å²) >= 11 is 9.95. The van der Waals surface area contributed by atoms with Crippen molar-refractivity contribution < 1.29 is 67.6 Å². The number of fused-ring (bicyclic) bond motifs is 4. The van der Waals surface area contributed by atoms with Crippen LogP contribution < -0.4 is 44.2 Å². The Balaban J connectivity index is 0.000000247. The van der Waals surface area contributed by atoms with Gasteiger partial charge in [-0.05, 0) is 159 Å². The van der Waals surface area contributed by atoms with Crippen molar-refractivity contribution in [1.82, 2.24) is 97.9 Å². The number of carbonyl (C=O) groups is 2. The maximum Gasteiger partial charge on any atom is 0.311 e. The molecule has 1 unspecified atom stereocenters. The maximum absolute atomic E-state index is 13.8. The fourth-order valence-corrected chi connectivity index (χ4v) is 14.0. The lowest BCUT2D eigenvalue weighted by Crippen LogP contribution is -2.20. The number of nitrogens with two attached hydrogens (primary N) is 1. The molecule has 0 bridgehead atoms. The molecule has 0 spiro atoms. The highest BCUT2D eigenvalue weighted by Gasteiger charge is 2.26. The van der Waals surface area contributed by atoms with E-state index in [1.54, 1.807) is 84.8 Å². The van der Waals surface area contributed by atoms with Crippen molar-refractivity contribution in [3.8, 4) is 85.3 Å². The molecular weight excluding hydrogens is 1900 g/mol. The van der Waals surface area contributed by atoms with Gasteiger partial charge in [0.25, 0.3) is 0 Å². The first kappa shape index (κ1) is 115. The number of alkyl halides is 1. The molecule has 0 radical (unpaired) electrons. The Labute approximate surface area is 840 Å². The topological polar surface area (TPSA) is 460 Å². The Kier molecular flexibility index (Phi) is 45.6. The van der Waals surface area contributed by atoms with E-state index in [9.17, 15) is 34.2 Å². The number of benzene rings is 4. The van der Waals surface area contributed by atoms with E-state index >= 15 is 0 Å². The second kappa shape index (κ2) is 56.9. The highest BCUT2D eigenvalue weighted by molar-refractivity contribution is 6.92. The number of amides is 1. The van der Waals surface area contributed by atoms with Crippen LogP contribution in [0.1, 0.15) is 66.8 Å². The van der Waals surface area contributed by atoms with Gasteiger partial charge in [0.2, 0.25) is 22.7 Å². The predicted octanol–water partition coefficient (Wildman–Crippen LogP) is 14.5. The van der Waals surface area contributed by atoms with Gasteiger partial charge in [-0.2, -0.15) is 34.7 Å². The summed E-state index contributed by atoms with van der Waals surface area (Å²) in [6.45, 7) is 8.04. The van der Waals surface area contributed by atoms with Gasteiger partial charge < -0.3 is 74.4 Å². The third-order valence-corrected chi connectivity index (χ3v) is 21.0. The summed E-state index contributed by atoms with van der Waals surface area (Å²) in [5, 5.41) is 50.8. The number of halogens is 3. The first-order chi connectivity index (χ1) is 67.1. The average Bonchev–Trinajstić information content (AvgIpc) is 1.78. The lowest BCUT2D eigenvalue weighted by atomic mass is 10.1. The van der Waals surface area contributed by atoms with Gasteiger partial charge >= 0.3 is 11.4 Å². The number of nitro benzene ring substituents is 2. The van der Waals surface area contributed by atoms with E-state index in [4.69, 9.17) is 77.2 Å². The number of methoxy groups -OCH3 is 4. The molecule has 0 aliphatic heterocycles. The summed E-state index contributed by atoms with van der Waals surface area (Å²) in [6.07, 6.45) is 24.1. The highest BCUT2D eigenvalue weighted by atomic mass is 35.5. The smallest absolute Gasteiger partial charge is 0.311 e. The van der Waals surface area contributed by atoms with Crippen molar-refractivity contribution in [2.45, 2.75) is 47.0 Å². The quantitative estimate of drug-likeness (QED) is 0.00624. The Morgan fingerprint density at radius 3 is 1.09 bits per heavy atom. The van der Waals surface area contributed by atoms with Crippen LogP contribution in [0.5, 0.6) is 40.2 Å². The molecule has 6 N–H and O–H groups in total. The monoisotopic (exact) mass is 2020 g/mol. The lowest BCUT2D eigenvalue weighted by molar-refractivity contribution is -0.387. The van der Waals surface area contributed by atoms with Gasteiger partial charge in [0.15, 0.2) is 0 Å². The fraction of sp³-hybridized carbons (Fsp3) is 0.280. The SMILES string of the molecule is C.C.C=CC(=O)Nc1cc(Cc2nccc(-c3cnn4ccccc34)n2)c(OC)cc1OCCN(C)C.CN(C)CCO.COc1cc(F)c([N+](=O)[O-])cc1Cc1nccc(-c2cnn3ccccc23)n1.COc1cc(OCCN(C)C)c(N)cc1Cc1nccc(-c2cnn3ccccc23)n1.COc1cc(OCCN(C)C)c([N+](=O)[O-])cc1Cc1nccc(-c2cnn3ccccc23)n1.O.O=C(Cl)CCCl.P. The number of nitrogens with one attached hydrogen (secondary N) is 1. The van der Waals surface area contributed by atoms with Crippen LogP contribution in [0.25, 0.3) is 67.1 Å². The summed E-state index contributed by atoms with van der Waals surface area (Å²) in [5.41, 5.74) is 19.7. The number of pyridine rings is 4. The number of hydrogen-bond acceptors (Lipinski definition) is 31. The lowest BCUT2D eigenvalue weighted by Gasteiger charge is -2.17. The normalized spacial score (nSPS) is 10.6. The van der Waals surface area contributed by atoms with Gasteiger partial charge in [0.05, 0.1) is 126 Å². The number of rotatable bonds is 36. The van der Waals surface area contributed by atoms with Crippen molar-refractivity contribution in [3.05, 3.63) is 304 Å². The number of aromatic nitrogens is 16. The number of hydrogen-bond donors (Lipinski definition) is 3. The van der Waals surface area contributed by atoms with Crippen LogP contribution in [0.4, 0.5) is 27.1 Å². The number of carbonyl (C=O) groups excluding carboxylic acids is 2. The summed E-state index contributed by atoms with van der Waals surface area (Å²) in [6, 6.07) is 43.2. The molecule has 12 aromatic heterocycles. The number of nitrogen functional groups attached to an aromatic ring is 1. The van der Waals surface area contributed by atoms with Crippen LogP contribution in [0, 0.1) is 26.0 Å². The molecule has 0 saturated heterocycles. The number of nitro groups is 2. The van der Waals surface area contributed by atoms with E-state index in [0.29, 0.717) is 125 Å². The Hall–Kier alpha value is -15.3. The number of aliphatic hydroxyl groups excluding tert-OH is 1. The first-order valence-corrected chi connectivity index (χ1v) is 44.3. The molecule has 1 amide bonds. The van der Waals surface area contributed by atoms with Crippen molar-refractivity contribution in [1.29, 1.82) is 0 Å². The van der Waals surface area contributed by atoms with Crippen LogP contribution >= 0.6 is 33.1 Å². The second-order valence-corrected chi connectivity index (χ2v) is 32.4. The Bertz CT molecular complexity index is 6870. The molecule has 0 fully saturated rings. The van der Waals surface area contributed by atoms with E-state index < -0.39 is 21.4 Å². The van der Waals surface area contributed by atoms with Crippen LogP contribution in [0.15, 0.2) is 233 Å². The van der Waals surface area contributed by atoms with E-state index in [0.717, 1.165) is 104 Å². The fourth-order valence-electron chi connectivity index (χ4n) is 13.7. The molecule has 0 aliphatic carbocycles. The zero-order valence-corrected chi connectivity index (χ0v) is 82.9. The minimum absolute atomic E-state index is 0. The molecule has 12 heterocycles. The molecule has 43 heteroatoms. The molecule has 16 rings (SSSR count). The molecule has 4 aromatic carbocycles. The molecular formula is C100H120Cl2FN24O15P. The molecule has 756 valence electrons. The highest BCUT2D eigenvalue weighted by Crippen LogP contribution is 2.39. The molecule has 0 saturated carbocycles. The van der Waals surface area contributed by atoms with Gasteiger partial charge in [-0.3, -0.25) is 29.8 Å². The van der Waals surface area contributed by atoms with Crippen molar-refractivity contribution in [2.75, 3.05) is 154 Å². The standard InChI is InChI=1S/C26H28N6O3.C23H24N6O4.C23H26N6O2.C19H14FN5O3.C4H11NO.C3H4Cl2O.2CH4.H2O.H3P/c1-5-26(33)30-21-14-18(23(34-4)16-24(21)35-13-12-31(2)3)15-25-27-10-9-20(29-25)19-17-28-32-11-7-6-8-22(19)32;1-27(2)10-11-33-22-14-21(32-3)16(12-20(22)29(30)31)13-23-24-8-7-18(26-23)17-15-25-28-9-5-4-6-19(17)28;1-28(2)10-11-31-22-14-21(30-3)16(12-18(22)24)13-23-25-8-7-19(27-23)17-15-26-29-9-5-4-6-20(17)29;1-28-18-10-14(20)17(25(26)27)8-12(18)9-19-21-6-5-15(23-19)13-11-22-24-7-3-2-4-16(13)24;1-5(2)3-4-6;4-2-1-3(5)6;;;;/h5-11,14,16-17H,1,12-13,15H2,2-4H3,(H,30,33);4-9,12,14-15H,10-11,13H2,1-3H3;4-9,12,14-15H,10-11,13,24H2,1-3H3;2-8,10-11H,9H2,1H3;6H,3-4H2,1-2H3;1-2H2;2*1H4;1H2;1H3. The van der Waals surface area contributed by atoms with Gasteiger partial charge in [0, 0.05) is 195 Å². The van der Waals surface area contributed by atoms with Crippen LogP contribution in [0.2, 0.25) is 0 Å². The number of anilines is 2. The third kappa shape index (κ3) is 32.4. The zero-order chi connectivity index (χ0) is 99.6. The van der Waals surface area contributed by atoms with Gasteiger partial charge in [-0.25, -0.2) is 57.9 Å². The number of aliphatic hydroxyl groups is 1. The maximum atomic E-state index is 13.8. The van der Waals surface area contributed by atoms with E-state index in [-0.39, 0.29) is 84.4 Å². The predicted molar refractivity (Wildman–Crippen MR) is 557 cm³/mol. The number of ether oxygens (including phenoxy) is 7. The number of likely N-dealkylation sites (N-methyl/N-ethyl adjacent to an activating group) is 4. The third-order valence-electron chi connectivity index (χ3n) is 20.6. The first-order valence-electron chi connectivity index (χ1n) is 43.4. The molecule has 16 aromatic rings. The Morgan fingerprint density at radius 1 is 0.469 bits per heavy atom. The molecule has 39 nitrogen and oxygen atoms in total. The van der Waals surface area contributed by atoms with Crippen molar-refractivity contribution in [3.63, 3.8) is 0 Å². The van der Waals surface area contributed by atoms with Gasteiger partial charge in [-0.15, -0.1) is 11.6 Å². The van der Waals surface area contributed by atoms with E-state index in [2.05, 4.69) is 67.1 Å². The van der Waals surface area contributed by atoms with E-state index in [1.807, 2.05) is 220 Å². The summed E-state index contributed by atoms with van der Waals surface area (Å²) in [7, 11) is 21.7. The van der Waals surface area contributed by atoms with Gasteiger partial charge in [0.1, 0.15) is 77.6 Å². The van der Waals surface area contributed by atoms with Crippen LogP contribution in [0.3, 0.4) is 0 Å². The molecule has 143 heavy (non-hydrogen) atoms. The van der Waals surface area contributed by atoms with Crippen molar-refractivity contribution in [2.24, 2.45) is 0 Å². The Morgan fingerprint density at radius 2 is 0.783 bits per heavy atom. The molecule has 0 aliphatic rings. The minimum Gasteiger partial charge on any atom is -0.496 e. The average molecular weight is 2020 g/mol. The number of nitrogens with zero attached hydrogens (tertiary/aromatic N) is 22. The summed E-state index contributed by atoms with van der Waals surface area (Å²) < 4.78 is 60.3. The van der Waals surface area contributed by atoms with E-state index in [1.165, 1.54) is 26.4 Å². The van der Waals surface area contributed by atoms with Gasteiger partial charge in [-0.1, -0.05) is 45.7 Å². The zero-order valence-electron chi connectivity index (χ0n) is 80.0. The second-order valence-electron chi connectivity index (χ2n) is 31.6. The van der Waals surface area contributed by atoms with Crippen molar-refractivity contribution >= 4 is 89.1 Å². The summed E-state index contributed by atoms with van der Waals surface area (Å²) in [4.78, 5) is 87.5. The minimum atomic E-state index is -0.952.